The van der Waals surface area contributed by atoms with Crippen LogP contribution in [0.5, 0.6) is 17.2 Å². The standard InChI is InChI=1S/C15H20N2O3S/c1-9-5-6-13(21-9)14(17-16)10-7-11(18-2)15(20-4)12(8-10)19-3/h5-8,14,17H,16H2,1-4H3. The van der Waals surface area contributed by atoms with Crippen LogP contribution in [0.2, 0.25) is 0 Å². The van der Waals surface area contributed by atoms with Gasteiger partial charge in [0.05, 0.1) is 27.4 Å². The molecule has 0 saturated heterocycles. The molecule has 1 atom stereocenters. The number of ether oxygens (including phenoxy) is 3. The minimum Gasteiger partial charge on any atom is -0.493 e. The van der Waals surface area contributed by atoms with E-state index < -0.39 is 0 Å². The van der Waals surface area contributed by atoms with Gasteiger partial charge >= 0.3 is 0 Å². The van der Waals surface area contributed by atoms with Gasteiger partial charge in [0.2, 0.25) is 5.75 Å². The highest BCUT2D eigenvalue weighted by molar-refractivity contribution is 7.12. The van der Waals surface area contributed by atoms with Crippen LogP contribution in [-0.2, 0) is 0 Å². The van der Waals surface area contributed by atoms with Crippen molar-refractivity contribution in [1.29, 1.82) is 0 Å². The van der Waals surface area contributed by atoms with E-state index in [0.717, 1.165) is 10.4 Å². The van der Waals surface area contributed by atoms with Gasteiger partial charge in [0, 0.05) is 9.75 Å². The zero-order valence-corrected chi connectivity index (χ0v) is 13.4. The van der Waals surface area contributed by atoms with Crippen molar-refractivity contribution in [2.45, 2.75) is 13.0 Å². The molecule has 21 heavy (non-hydrogen) atoms. The fraction of sp³-hybridized carbons (Fsp3) is 0.333. The largest absolute Gasteiger partial charge is 0.493 e. The van der Waals surface area contributed by atoms with E-state index in [1.165, 1.54) is 4.88 Å². The molecule has 1 aromatic heterocycles. The lowest BCUT2D eigenvalue weighted by atomic mass is 10.0. The topological polar surface area (TPSA) is 65.7 Å². The summed E-state index contributed by atoms with van der Waals surface area (Å²) in [5.74, 6) is 7.54. The Hall–Kier alpha value is -1.76. The Bertz CT molecular complexity index is 588. The van der Waals surface area contributed by atoms with Gasteiger partial charge in [-0.2, -0.15) is 0 Å². The molecule has 1 heterocycles. The van der Waals surface area contributed by atoms with Crippen LogP contribution in [0.1, 0.15) is 21.4 Å². The molecule has 2 aromatic rings. The lowest BCUT2D eigenvalue weighted by Crippen LogP contribution is -2.28. The SMILES string of the molecule is COc1cc(C(NN)c2ccc(C)s2)cc(OC)c1OC. The maximum Gasteiger partial charge on any atom is 0.203 e. The van der Waals surface area contributed by atoms with Crippen LogP contribution >= 0.6 is 11.3 Å². The summed E-state index contributed by atoms with van der Waals surface area (Å²) >= 11 is 1.70. The number of methoxy groups -OCH3 is 3. The summed E-state index contributed by atoms with van der Waals surface area (Å²) in [6.45, 7) is 2.07. The minimum absolute atomic E-state index is 0.127. The van der Waals surface area contributed by atoms with E-state index in [0.29, 0.717) is 17.2 Å². The average molecular weight is 308 g/mol. The Balaban J connectivity index is 2.51. The van der Waals surface area contributed by atoms with Crippen LogP contribution in [-0.4, -0.2) is 21.3 Å². The highest BCUT2D eigenvalue weighted by atomic mass is 32.1. The van der Waals surface area contributed by atoms with Gasteiger partial charge in [-0.05, 0) is 36.8 Å². The van der Waals surface area contributed by atoms with Crippen molar-refractivity contribution >= 4 is 11.3 Å². The van der Waals surface area contributed by atoms with E-state index in [-0.39, 0.29) is 6.04 Å². The molecule has 0 spiro atoms. The van der Waals surface area contributed by atoms with E-state index in [1.54, 1.807) is 32.7 Å². The first-order chi connectivity index (χ1) is 10.1. The number of nitrogens with one attached hydrogen (secondary N) is 1. The normalized spacial score (nSPS) is 12.0. The van der Waals surface area contributed by atoms with Crippen molar-refractivity contribution in [3.63, 3.8) is 0 Å². The molecular weight excluding hydrogens is 288 g/mol. The van der Waals surface area contributed by atoms with Gasteiger partial charge in [-0.3, -0.25) is 5.84 Å². The summed E-state index contributed by atoms with van der Waals surface area (Å²) < 4.78 is 16.1. The number of hydrogen-bond donors (Lipinski definition) is 2. The van der Waals surface area contributed by atoms with Crippen LogP contribution < -0.4 is 25.5 Å². The van der Waals surface area contributed by atoms with Crippen molar-refractivity contribution in [2.75, 3.05) is 21.3 Å². The molecule has 0 saturated carbocycles. The molecule has 1 unspecified atom stereocenters. The molecule has 0 aliphatic heterocycles. The van der Waals surface area contributed by atoms with Gasteiger partial charge in [0.15, 0.2) is 11.5 Å². The summed E-state index contributed by atoms with van der Waals surface area (Å²) in [5, 5.41) is 0. The van der Waals surface area contributed by atoms with Gasteiger partial charge in [0.1, 0.15) is 0 Å². The monoisotopic (exact) mass is 308 g/mol. The maximum atomic E-state index is 5.74. The molecule has 5 nitrogen and oxygen atoms in total. The van der Waals surface area contributed by atoms with E-state index >= 15 is 0 Å². The molecule has 0 aliphatic rings. The third-order valence-electron chi connectivity index (χ3n) is 3.23. The fourth-order valence-corrected chi connectivity index (χ4v) is 3.19. The zero-order valence-electron chi connectivity index (χ0n) is 12.6. The molecule has 6 heteroatoms. The van der Waals surface area contributed by atoms with Crippen molar-refractivity contribution in [3.8, 4) is 17.2 Å². The molecule has 114 valence electrons. The molecule has 0 aliphatic carbocycles. The molecule has 3 N–H and O–H groups in total. The molecule has 1 aromatic carbocycles. The Morgan fingerprint density at radius 3 is 2.05 bits per heavy atom. The number of hydrogen-bond acceptors (Lipinski definition) is 6. The van der Waals surface area contributed by atoms with Crippen LogP contribution in [0.3, 0.4) is 0 Å². The first-order valence-corrected chi connectivity index (χ1v) is 7.28. The predicted molar refractivity (Wildman–Crippen MR) is 84.3 cm³/mol. The second-order valence-corrected chi connectivity index (χ2v) is 5.83. The summed E-state index contributed by atoms with van der Waals surface area (Å²) in [7, 11) is 4.78. The van der Waals surface area contributed by atoms with Crippen LogP contribution in [0.15, 0.2) is 24.3 Å². The lowest BCUT2D eigenvalue weighted by Gasteiger charge is -2.19. The number of thiophene rings is 1. The molecule has 0 bridgehead atoms. The highest BCUT2D eigenvalue weighted by Crippen LogP contribution is 2.41. The van der Waals surface area contributed by atoms with Crippen molar-refractivity contribution in [2.24, 2.45) is 5.84 Å². The van der Waals surface area contributed by atoms with Gasteiger partial charge in [0.25, 0.3) is 0 Å². The van der Waals surface area contributed by atoms with Gasteiger partial charge in [-0.1, -0.05) is 0 Å². The Labute approximate surface area is 128 Å². The van der Waals surface area contributed by atoms with Crippen LogP contribution in [0.25, 0.3) is 0 Å². The number of nitrogens with two attached hydrogens (primary N) is 1. The molecule has 0 radical (unpaired) electrons. The third-order valence-corrected chi connectivity index (χ3v) is 4.30. The Kier molecular flexibility index (Phi) is 5.06. The molecular formula is C15H20N2O3S. The summed E-state index contributed by atoms with van der Waals surface area (Å²) in [6.07, 6.45) is 0. The van der Waals surface area contributed by atoms with Gasteiger partial charge in [-0.15, -0.1) is 11.3 Å². The van der Waals surface area contributed by atoms with E-state index in [1.807, 2.05) is 12.1 Å². The maximum absolute atomic E-state index is 5.74. The van der Waals surface area contributed by atoms with Crippen molar-refractivity contribution in [1.82, 2.24) is 5.43 Å². The summed E-state index contributed by atoms with van der Waals surface area (Å²) in [6, 6.07) is 7.81. The second-order valence-electron chi connectivity index (χ2n) is 4.51. The molecule has 0 amide bonds. The lowest BCUT2D eigenvalue weighted by molar-refractivity contribution is 0.323. The third kappa shape index (κ3) is 3.12. The number of hydrazine groups is 1. The molecule has 0 fully saturated rings. The first-order valence-electron chi connectivity index (χ1n) is 6.47. The second kappa shape index (κ2) is 6.80. The zero-order chi connectivity index (χ0) is 15.4. The minimum atomic E-state index is -0.127. The first kappa shape index (κ1) is 15.6. The highest BCUT2D eigenvalue weighted by Gasteiger charge is 2.20. The quantitative estimate of drug-likeness (QED) is 0.634. The number of rotatable bonds is 6. The van der Waals surface area contributed by atoms with E-state index in [9.17, 15) is 0 Å². The average Bonchev–Trinajstić information content (AvgIpc) is 2.93. The number of benzene rings is 1. The van der Waals surface area contributed by atoms with Crippen molar-refractivity contribution < 1.29 is 14.2 Å². The van der Waals surface area contributed by atoms with Crippen LogP contribution in [0, 0.1) is 6.92 Å². The Morgan fingerprint density at radius 2 is 1.67 bits per heavy atom. The van der Waals surface area contributed by atoms with Crippen molar-refractivity contribution in [3.05, 3.63) is 39.6 Å². The van der Waals surface area contributed by atoms with Gasteiger partial charge < -0.3 is 14.2 Å². The Morgan fingerprint density at radius 1 is 1.05 bits per heavy atom. The summed E-state index contributed by atoms with van der Waals surface area (Å²) in [5.41, 5.74) is 3.80. The van der Waals surface area contributed by atoms with E-state index in [2.05, 4.69) is 24.5 Å². The van der Waals surface area contributed by atoms with E-state index in [4.69, 9.17) is 20.1 Å². The smallest absolute Gasteiger partial charge is 0.203 e. The van der Waals surface area contributed by atoms with Crippen LogP contribution in [0.4, 0.5) is 0 Å². The predicted octanol–water partition coefficient (Wildman–Crippen LogP) is 2.64. The summed E-state index contributed by atoms with van der Waals surface area (Å²) in [4.78, 5) is 2.36. The van der Waals surface area contributed by atoms with Gasteiger partial charge in [-0.25, -0.2) is 5.43 Å². The number of aryl methyl sites for hydroxylation is 1. The molecule has 2 rings (SSSR count). The fourth-order valence-electron chi connectivity index (χ4n) is 2.22.